The van der Waals surface area contributed by atoms with Gasteiger partial charge in [-0.05, 0) is 114 Å². The fourth-order valence-corrected chi connectivity index (χ4v) is 8.47. The first-order valence-corrected chi connectivity index (χ1v) is 21.3. The molecule has 0 amide bonds. The Labute approximate surface area is 358 Å². The maximum absolute atomic E-state index is 6.17. The Morgan fingerprint density at radius 2 is 1.44 bits per heavy atom. The summed E-state index contributed by atoms with van der Waals surface area (Å²) in [7, 11) is 0. The van der Waals surface area contributed by atoms with E-state index in [0.717, 1.165) is 74.4 Å². The molecule has 4 nitrogen and oxygen atoms in total. The summed E-state index contributed by atoms with van der Waals surface area (Å²) in [5.74, 6) is 2.39. The Balaban J connectivity index is 0.000000267. The van der Waals surface area contributed by atoms with Crippen LogP contribution in [-0.2, 0) is 6.42 Å². The summed E-state index contributed by atoms with van der Waals surface area (Å²) >= 11 is 0. The highest BCUT2D eigenvalue weighted by atomic mass is 16.5. The molecule has 11 rings (SSSR count). The topological polar surface area (TPSA) is 38.8 Å². The normalized spacial score (nSPS) is 16.0. The van der Waals surface area contributed by atoms with E-state index < -0.39 is 0 Å². The summed E-state index contributed by atoms with van der Waals surface area (Å²) in [5, 5.41) is 3.46. The van der Waals surface area contributed by atoms with Crippen molar-refractivity contribution >= 4 is 55.9 Å². The number of anilines is 2. The van der Waals surface area contributed by atoms with Gasteiger partial charge in [0, 0.05) is 57.2 Å². The van der Waals surface area contributed by atoms with Gasteiger partial charge in [0.2, 0.25) is 0 Å². The third kappa shape index (κ3) is 7.93. The molecule has 300 valence electrons. The largest absolute Gasteiger partial charge is 0.485 e. The quantitative estimate of drug-likeness (QED) is 0.151. The van der Waals surface area contributed by atoms with Crippen molar-refractivity contribution in [1.29, 1.82) is 0 Å². The first kappa shape index (κ1) is 39.2. The van der Waals surface area contributed by atoms with Gasteiger partial charge in [0.15, 0.2) is 0 Å². The van der Waals surface area contributed by atoms with Gasteiger partial charge < -0.3 is 18.5 Å². The maximum Gasteiger partial charge on any atom is 0.135 e. The molecule has 0 bridgehead atoms. The van der Waals surface area contributed by atoms with E-state index in [1.54, 1.807) is 0 Å². The number of para-hydroxylation sites is 2. The predicted molar refractivity (Wildman–Crippen MR) is 257 cm³/mol. The van der Waals surface area contributed by atoms with Crippen LogP contribution in [0.4, 0.5) is 11.4 Å². The number of aryl methyl sites for hydroxylation is 2. The summed E-state index contributed by atoms with van der Waals surface area (Å²) in [6, 6.07) is 46.7. The monoisotopic (exact) mass is 795 g/mol. The number of ether oxygens (including phenoxy) is 1. The molecule has 0 saturated carbocycles. The smallest absolute Gasteiger partial charge is 0.135 e. The molecule has 4 heteroatoms. The highest BCUT2D eigenvalue weighted by Crippen LogP contribution is 2.43. The van der Waals surface area contributed by atoms with Crippen LogP contribution in [0.1, 0.15) is 54.2 Å². The zero-order valence-corrected chi connectivity index (χ0v) is 34.9. The lowest BCUT2D eigenvalue weighted by atomic mass is 9.90. The van der Waals surface area contributed by atoms with Crippen molar-refractivity contribution in [3.8, 4) is 16.9 Å². The Morgan fingerprint density at radius 3 is 2.26 bits per heavy atom. The van der Waals surface area contributed by atoms with Crippen molar-refractivity contribution < 1.29 is 13.6 Å². The number of hydrogen-bond acceptors (Lipinski definition) is 4. The third-order valence-corrected chi connectivity index (χ3v) is 11.4. The van der Waals surface area contributed by atoms with Crippen LogP contribution in [0.25, 0.3) is 55.7 Å². The molecule has 61 heavy (non-hydrogen) atoms. The Morgan fingerprint density at radius 1 is 0.689 bits per heavy atom. The molecule has 2 unspecified atom stereocenters. The summed E-state index contributed by atoms with van der Waals surface area (Å²) < 4.78 is 18.0. The van der Waals surface area contributed by atoms with Gasteiger partial charge in [-0.1, -0.05) is 136 Å². The minimum atomic E-state index is 0.0910. The van der Waals surface area contributed by atoms with Crippen LogP contribution in [0.5, 0.6) is 5.75 Å². The number of fused-ring (bicyclic) bond motifs is 9. The highest BCUT2D eigenvalue weighted by Gasteiger charge is 2.32. The first-order valence-electron chi connectivity index (χ1n) is 21.3. The average Bonchev–Trinajstić information content (AvgIpc) is 4.01. The summed E-state index contributed by atoms with van der Waals surface area (Å²) in [5.41, 5.74) is 13.2. The summed E-state index contributed by atoms with van der Waals surface area (Å²) in [6.45, 7) is 10.1. The molecule has 0 saturated heterocycles. The molecule has 3 heterocycles. The zero-order chi connectivity index (χ0) is 41.7. The van der Waals surface area contributed by atoms with E-state index >= 15 is 0 Å². The average molecular weight is 796 g/mol. The fraction of sp³-hybridized carbons (Fsp3) is 0.123. The second-order valence-corrected chi connectivity index (χ2v) is 15.2. The van der Waals surface area contributed by atoms with Gasteiger partial charge in [-0.25, -0.2) is 0 Å². The fourth-order valence-electron chi connectivity index (χ4n) is 8.47. The van der Waals surface area contributed by atoms with Crippen LogP contribution >= 0.6 is 0 Å². The molecule has 8 aromatic rings. The highest BCUT2D eigenvalue weighted by molar-refractivity contribution is 6.06. The maximum atomic E-state index is 6.17. The number of nitrogens with zero attached hydrogens (tertiary/aromatic N) is 1. The van der Waals surface area contributed by atoms with Gasteiger partial charge in [0.1, 0.15) is 34.4 Å². The molecule has 6 aromatic carbocycles. The van der Waals surface area contributed by atoms with Crippen molar-refractivity contribution in [2.45, 2.75) is 45.6 Å². The number of furan rings is 2. The van der Waals surface area contributed by atoms with Crippen LogP contribution in [0.15, 0.2) is 204 Å². The van der Waals surface area contributed by atoms with Gasteiger partial charge in [-0.2, -0.15) is 0 Å². The van der Waals surface area contributed by atoms with Crippen molar-refractivity contribution in [3.63, 3.8) is 0 Å². The van der Waals surface area contributed by atoms with Crippen LogP contribution in [0.2, 0.25) is 0 Å². The van der Waals surface area contributed by atoms with E-state index in [0.29, 0.717) is 0 Å². The lowest BCUT2D eigenvalue weighted by Crippen LogP contribution is -2.15. The van der Waals surface area contributed by atoms with Crippen molar-refractivity contribution in [1.82, 2.24) is 0 Å². The molecule has 2 atom stereocenters. The van der Waals surface area contributed by atoms with E-state index in [1.807, 2.05) is 44.2 Å². The lowest BCUT2D eigenvalue weighted by molar-refractivity contribution is 0.269. The second-order valence-electron chi connectivity index (χ2n) is 15.2. The Bertz CT molecular complexity index is 3020. The summed E-state index contributed by atoms with van der Waals surface area (Å²) in [4.78, 5) is 2.24. The van der Waals surface area contributed by atoms with Crippen molar-refractivity contribution in [3.05, 3.63) is 223 Å². The molecular weight excluding hydrogens is 747 g/mol. The molecule has 3 aliphatic rings. The van der Waals surface area contributed by atoms with Gasteiger partial charge in [0.25, 0.3) is 0 Å². The van der Waals surface area contributed by atoms with Gasteiger partial charge >= 0.3 is 0 Å². The number of rotatable bonds is 7. The third-order valence-electron chi connectivity index (χ3n) is 11.4. The molecule has 0 fully saturated rings. The van der Waals surface area contributed by atoms with Crippen LogP contribution in [0.3, 0.4) is 0 Å². The van der Waals surface area contributed by atoms with E-state index in [4.69, 9.17) is 13.6 Å². The predicted octanol–water partition coefficient (Wildman–Crippen LogP) is 15.9. The molecule has 0 radical (unpaired) electrons. The van der Waals surface area contributed by atoms with Crippen LogP contribution in [-0.4, -0.2) is 6.10 Å². The lowest BCUT2D eigenvalue weighted by Gasteiger charge is -2.22. The number of benzene rings is 6. The minimum absolute atomic E-state index is 0.0910. The first-order chi connectivity index (χ1) is 30.1. The molecule has 0 spiro atoms. The van der Waals surface area contributed by atoms with Gasteiger partial charge in [-0.3, -0.25) is 0 Å². The summed E-state index contributed by atoms with van der Waals surface area (Å²) in [6.07, 6.45) is 23.4. The van der Waals surface area contributed by atoms with E-state index in [2.05, 4.69) is 182 Å². The molecule has 1 aliphatic heterocycles. The SMILES string of the molecule is C1=Cc2c(oc3ccccc23)CC1.C=C/C=C(\C=C/N(c1ccc(-c2ccc3c(c2)C2C=CC=CC2O3)cc1)c1cccc(C)c1)c1ccc2oc3ccccc3c2c1.CC. The van der Waals surface area contributed by atoms with Gasteiger partial charge in [0.05, 0.1) is 0 Å². The van der Waals surface area contributed by atoms with E-state index in [1.165, 1.54) is 33.2 Å². The second kappa shape index (κ2) is 17.5. The van der Waals surface area contributed by atoms with E-state index in [9.17, 15) is 0 Å². The Kier molecular flexibility index (Phi) is 11.2. The molecule has 2 aromatic heterocycles. The number of allylic oxidation sites excluding steroid dienone is 7. The van der Waals surface area contributed by atoms with Crippen molar-refractivity contribution in [2.75, 3.05) is 4.90 Å². The van der Waals surface area contributed by atoms with E-state index in [-0.39, 0.29) is 12.0 Å². The Hall–Kier alpha value is -7.30. The molecular formula is C57H49NO3. The van der Waals surface area contributed by atoms with Crippen molar-refractivity contribution in [2.24, 2.45) is 0 Å². The van der Waals surface area contributed by atoms with Crippen LogP contribution < -0.4 is 9.64 Å². The molecule has 0 N–H and O–H groups in total. The number of hydrogen-bond donors (Lipinski definition) is 0. The standard InChI is InChI=1S/C43H33NO2.C12H10O.C2H6/c1-3-9-30(32-18-22-42-38(27-32)36-12-4-6-14-40(36)45-42)24-25-44(35-11-8-10-29(2)26-35)34-20-16-31(17-21-34)33-19-23-43-39(28-33)37-13-5-7-15-41(37)46-43;1-3-7-11-9(5-1)10-6-2-4-8-12(10)13-11;1-2/h3-28,37,41H,1H2,2H3;1-3,5-7H,4,8H2;1-2H3/b25-24-,30-9+;;. The van der Waals surface area contributed by atoms with Crippen LogP contribution in [0, 0.1) is 6.92 Å². The van der Waals surface area contributed by atoms with Gasteiger partial charge in [-0.15, -0.1) is 0 Å². The zero-order valence-electron chi connectivity index (χ0n) is 34.9. The minimum Gasteiger partial charge on any atom is -0.485 e. The molecule has 2 aliphatic carbocycles.